The minimum Gasteiger partial charge on any atom is -0.341 e. The molecule has 0 aromatic rings. The minimum atomic E-state index is 0.0370. The molecule has 0 aliphatic rings. The molecule has 4 heteroatoms. The fourth-order valence-electron chi connectivity index (χ4n) is 0.462. The predicted molar refractivity (Wildman–Crippen MR) is 38.9 cm³/mol. The molecule has 44 valence electrons. The van der Waals surface area contributed by atoms with Gasteiger partial charge in [0.2, 0.25) is 6.87 Å². The molecular formula is C4H12B2N2. The second-order valence-electron chi connectivity index (χ2n) is 2.34. The summed E-state index contributed by atoms with van der Waals surface area (Å²) in [5.41, 5.74) is 0. The van der Waals surface area contributed by atoms with Gasteiger partial charge in [0, 0.05) is 0 Å². The summed E-state index contributed by atoms with van der Waals surface area (Å²) in [6, 6.07) is 0. The van der Waals surface area contributed by atoms with Crippen molar-refractivity contribution >= 4 is 14.6 Å². The van der Waals surface area contributed by atoms with Crippen LogP contribution in [0.3, 0.4) is 0 Å². The molecule has 0 aromatic heterocycles. The van der Waals surface area contributed by atoms with Crippen LogP contribution in [0.25, 0.3) is 0 Å². The molecular weight excluding hydrogens is 97.7 g/mol. The van der Waals surface area contributed by atoms with Gasteiger partial charge in [-0.3, -0.25) is 0 Å². The zero-order valence-corrected chi connectivity index (χ0v) is 6.05. The molecule has 0 unspecified atom stereocenters. The number of rotatable bonds is 2. The van der Waals surface area contributed by atoms with Crippen LogP contribution in [0.5, 0.6) is 0 Å². The van der Waals surface area contributed by atoms with Gasteiger partial charge in [0.15, 0.2) is 0 Å². The molecule has 2 nitrogen and oxygen atoms in total. The van der Waals surface area contributed by atoms with Crippen LogP contribution in [0, 0.1) is 0 Å². The first kappa shape index (κ1) is 8.05. The van der Waals surface area contributed by atoms with Crippen LogP contribution < -0.4 is 0 Å². The molecule has 0 aliphatic carbocycles. The largest absolute Gasteiger partial charge is 0.341 e. The van der Waals surface area contributed by atoms with Gasteiger partial charge in [0.1, 0.15) is 0 Å². The molecule has 0 aliphatic heterocycles. The summed E-state index contributed by atoms with van der Waals surface area (Å²) in [7, 11) is 13.4. The lowest BCUT2D eigenvalue weighted by Gasteiger charge is -2.23. The van der Waals surface area contributed by atoms with Crippen molar-refractivity contribution in [3.8, 4) is 0 Å². The Labute approximate surface area is 53.4 Å². The van der Waals surface area contributed by atoms with Crippen LogP contribution in [0.15, 0.2) is 0 Å². The van der Waals surface area contributed by atoms with Crippen LogP contribution in [-0.4, -0.2) is 52.4 Å². The van der Waals surface area contributed by atoms with Crippen molar-refractivity contribution in [2.24, 2.45) is 0 Å². The SMILES string of the molecule is [B]B(N(C)C)N(C)C. The summed E-state index contributed by atoms with van der Waals surface area (Å²) in [5, 5.41) is 0. The van der Waals surface area contributed by atoms with E-state index in [2.05, 4.69) is 0 Å². The number of hydrogen-bond acceptors (Lipinski definition) is 2. The van der Waals surface area contributed by atoms with Gasteiger partial charge >= 0.3 is 0 Å². The standard InChI is InChI=1S/C4H12B2N2/c1-7(2)6(5)8(3)4/h1-4H3. The highest BCUT2D eigenvalue weighted by Gasteiger charge is 2.09. The van der Waals surface area contributed by atoms with Crippen molar-refractivity contribution in [2.45, 2.75) is 0 Å². The van der Waals surface area contributed by atoms with Gasteiger partial charge in [0.05, 0.1) is 7.74 Å². The van der Waals surface area contributed by atoms with Gasteiger partial charge in [0.25, 0.3) is 0 Å². The monoisotopic (exact) mass is 110 g/mol. The van der Waals surface area contributed by atoms with Crippen molar-refractivity contribution in [1.82, 2.24) is 9.62 Å². The Morgan fingerprint density at radius 3 is 1.25 bits per heavy atom. The first-order valence-electron chi connectivity index (χ1n) is 2.64. The Bertz CT molecular complexity index is 57.1. The molecule has 2 radical (unpaired) electrons. The summed E-state index contributed by atoms with van der Waals surface area (Å²) in [4.78, 5) is 3.89. The molecule has 0 heterocycles. The van der Waals surface area contributed by atoms with Crippen LogP contribution in [0.1, 0.15) is 0 Å². The van der Waals surface area contributed by atoms with E-state index >= 15 is 0 Å². The normalized spacial score (nSPS) is 10.8. The highest BCUT2D eigenvalue weighted by atomic mass is 15.1. The van der Waals surface area contributed by atoms with E-state index in [9.17, 15) is 0 Å². The maximum absolute atomic E-state index is 5.61. The lowest BCUT2D eigenvalue weighted by molar-refractivity contribution is 0.539. The maximum Gasteiger partial charge on any atom is 0.249 e. The fraction of sp³-hybridized carbons (Fsp3) is 1.00. The summed E-state index contributed by atoms with van der Waals surface area (Å²) in [6.45, 7) is 0.0370. The molecule has 0 saturated heterocycles. The zero-order chi connectivity index (χ0) is 6.73. The first-order chi connectivity index (χ1) is 3.55. The quantitative estimate of drug-likeness (QED) is 0.432. The van der Waals surface area contributed by atoms with Crippen LogP contribution in [0.2, 0.25) is 0 Å². The van der Waals surface area contributed by atoms with E-state index in [0.717, 1.165) is 0 Å². The maximum atomic E-state index is 5.61. The van der Waals surface area contributed by atoms with Crippen molar-refractivity contribution in [1.29, 1.82) is 0 Å². The van der Waals surface area contributed by atoms with Gasteiger partial charge in [-0.1, -0.05) is 0 Å². The van der Waals surface area contributed by atoms with E-state index < -0.39 is 0 Å². The highest BCUT2D eigenvalue weighted by Crippen LogP contribution is 1.82. The zero-order valence-electron chi connectivity index (χ0n) is 6.05. The van der Waals surface area contributed by atoms with Gasteiger partial charge in [-0.25, -0.2) is 0 Å². The predicted octanol–water partition coefficient (Wildman–Crippen LogP) is -0.737. The molecule has 0 amide bonds. The van der Waals surface area contributed by atoms with Gasteiger partial charge < -0.3 is 9.62 Å². The van der Waals surface area contributed by atoms with E-state index in [1.807, 2.05) is 37.8 Å². The minimum absolute atomic E-state index is 0.0370. The van der Waals surface area contributed by atoms with Crippen molar-refractivity contribution in [3.05, 3.63) is 0 Å². The van der Waals surface area contributed by atoms with E-state index in [-0.39, 0.29) is 6.87 Å². The van der Waals surface area contributed by atoms with Gasteiger partial charge in [-0.05, 0) is 28.2 Å². The van der Waals surface area contributed by atoms with Gasteiger partial charge in [-0.15, -0.1) is 0 Å². The Hall–Kier alpha value is 0.0499. The van der Waals surface area contributed by atoms with Crippen LogP contribution in [0.4, 0.5) is 0 Å². The van der Waals surface area contributed by atoms with Crippen molar-refractivity contribution < 1.29 is 0 Å². The molecule has 0 N–H and O–H groups in total. The Morgan fingerprint density at radius 2 is 1.25 bits per heavy atom. The Morgan fingerprint density at radius 1 is 1.00 bits per heavy atom. The summed E-state index contributed by atoms with van der Waals surface area (Å²) in [5.74, 6) is 0. The number of nitrogens with zero attached hydrogens (tertiary/aromatic N) is 2. The van der Waals surface area contributed by atoms with Crippen molar-refractivity contribution in [3.63, 3.8) is 0 Å². The molecule has 0 atom stereocenters. The highest BCUT2D eigenvalue weighted by molar-refractivity contribution is 6.99. The third-order valence-corrected chi connectivity index (χ3v) is 1.06. The fourth-order valence-corrected chi connectivity index (χ4v) is 0.462. The van der Waals surface area contributed by atoms with Crippen LogP contribution in [-0.2, 0) is 0 Å². The van der Waals surface area contributed by atoms with E-state index in [4.69, 9.17) is 7.74 Å². The Kier molecular flexibility index (Phi) is 3.17. The summed E-state index contributed by atoms with van der Waals surface area (Å²) < 4.78 is 0. The molecule has 0 bridgehead atoms. The summed E-state index contributed by atoms with van der Waals surface area (Å²) in [6.07, 6.45) is 0. The third-order valence-electron chi connectivity index (χ3n) is 1.06. The molecule has 0 aromatic carbocycles. The Balaban J connectivity index is 3.46. The van der Waals surface area contributed by atoms with E-state index in [1.165, 1.54) is 0 Å². The lowest BCUT2D eigenvalue weighted by Crippen LogP contribution is -2.46. The number of hydrogen-bond donors (Lipinski definition) is 0. The first-order valence-corrected chi connectivity index (χ1v) is 2.64. The molecule has 0 fully saturated rings. The molecule has 0 saturated carbocycles. The van der Waals surface area contributed by atoms with Crippen molar-refractivity contribution in [2.75, 3.05) is 28.2 Å². The third kappa shape index (κ3) is 2.38. The van der Waals surface area contributed by atoms with Crippen LogP contribution >= 0.6 is 0 Å². The molecule has 8 heavy (non-hydrogen) atoms. The average molecular weight is 110 g/mol. The molecule has 0 spiro atoms. The average Bonchev–Trinajstić information content (AvgIpc) is 1.64. The second-order valence-corrected chi connectivity index (χ2v) is 2.34. The smallest absolute Gasteiger partial charge is 0.249 e. The van der Waals surface area contributed by atoms with E-state index in [0.29, 0.717) is 0 Å². The van der Waals surface area contributed by atoms with E-state index in [1.54, 1.807) is 0 Å². The second kappa shape index (κ2) is 3.15. The topological polar surface area (TPSA) is 6.48 Å². The van der Waals surface area contributed by atoms with Gasteiger partial charge in [-0.2, -0.15) is 0 Å². The lowest BCUT2D eigenvalue weighted by atomic mass is 9.51. The molecule has 0 rings (SSSR count). The summed E-state index contributed by atoms with van der Waals surface area (Å²) >= 11 is 0.